The number of unbranched alkanes of at least 4 members (excludes halogenated alkanes) is 2. The molecule has 4 aromatic rings. The number of H-pyrrole nitrogens is 2. The van der Waals surface area contributed by atoms with Gasteiger partial charge in [-0.1, -0.05) is 30.3 Å². The molecule has 0 unspecified atom stereocenters. The smallest absolute Gasteiger partial charge is 0.121 e. The van der Waals surface area contributed by atoms with E-state index in [2.05, 4.69) is 33.6 Å². The van der Waals surface area contributed by atoms with Crippen molar-refractivity contribution in [3.63, 3.8) is 0 Å². The fourth-order valence-electron chi connectivity index (χ4n) is 3.42. The molecule has 2 heterocycles. The van der Waals surface area contributed by atoms with Gasteiger partial charge in [-0.25, -0.2) is 9.97 Å². The lowest BCUT2D eigenvalue weighted by Gasteiger charge is -2.20. The minimum absolute atomic E-state index is 0.778. The summed E-state index contributed by atoms with van der Waals surface area (Å²) in [4.78, 5) is 18.8. The van der Waals surface area contributed by atoms with E-state index < -0.39 is 0 Å². The molecule has 0 spiro atoms. The third-order valence-electron chi connectivity index (χ3n) is 4.76. The van der Waals surface area contributed by atoms with Gasteiger partial charge in [-0.05, 0) is 50.1 Å². The molecule has 0 bridgehead atoms. The van der Waals surface area contributed by atoms with Gasteiger partial charge in [0.2, 0.25) is 0 Å². The summed E-state index contributed by atoms with van der Waals surface area (Å²) in [6.45, 7) is 6.37. The van der Waals surface area contributed by atoms with Gasteiger partial charge in [0.05, 0.1) is 35.2 Å². The van der Waals surface area contributed by atoms with Gasteiger partial charge in [0, 0.05) is 0 Å². The average molecular weight is 359 g/mol. The number of fused-ring (bicyclic) bond motifs is 2. The molecule has 0 radical (unpaired) electrons. The standard InChI is InChI=1S/C22H25N5/c1-2-3-4-9-14-27(15-21-23-17-10-5-6-11-18(17)24-21)16-22-25-19-12-7-8-13-20(19)26-22/h2,5-8,10-13H,1,3-4,9,14-16H2,(H,23,24)(H,25,26). The van der Waals surface area contributed by atoms with Crippen LogP contribution in [0, 0.1) is 0 Å². The van der Waals surface area contributed by atoms with Crippen LogP contribution in [0.25, 0.3) is 22.1 Å². The molecule has 2 N–H and O–H groups in total. The van der Waals surface area contributed by atoms with Gasteiger partial charge in [-0.2, -0.15) is 0 Å². The van der Waals surface area contributed by atoms with Crippen molar-refractivity contribution in [2.24, 2.45) is 0 Å². The number of allylic oxidation sites excluding steroid dienone is 1. The first-order valence-electron chi connectivity index (χ1n) is 9.52. The molecule has 0 saturated carbocycles. The highest BCUT2D eigenvalue weighted by molar-refractivity contribution is 5.75. The maximum atomic E-state index is 4.74. The summed E-state index contributed by atoms with van der Waals surface area (Å²) in [5.74, 6) is 1.99. The molecule has 2 aromatic carbocycles. The van der Waals surface area contributed by atoms with Crippen LogP contribution in [0.4, 0.5) is 0 Å². The molecule has 0 saturated heterocycles. The maximum absolute atomic E-state index is 4.74. The minimum Gasteiger partial charge on any atom is -0.341 e. The number of nitrogens with one attached hydrogen (secondary N) is 2. The van der Waals surface area contributed by atoms with E-state index in [1.165, 1.54) is 0 Å². The molecule has 0 aliphatic heterocycles. The largest absolute Gasteiger partial charge is 0.341 e. The SMILES string of the molecule is C=CCCCCN(Cc1nc2ccccc2[nH]1)Cc1nc2ccccc2[nH]1. The number of rotatable bonds is 9. The van der Waals surface area contributed by atoms with Crippen molar-refractivity contribution in [1.82, 2.24) is 24.8 Å². The lowest BCUT2D eigenvalue weighted by atomic mass is 10.2. The van der Waals surface area contributed by atoms with E-state index in [0.29, 0.717) is 0 Å². The normalized spacial score (nSPS) is 11.6. The second-order valence-corrected chi connectivity index (χ2v) is 6.90. The number of hydrogen-bond donors (Lipinski definition) is 2. The second kappa shape index (κ2) is 8.18. The van der Waals surface area contributed by atoms with E-state index in [9.17, 15) is 0 Å². The van der Waals surface area contributed by atoms with Crippen LogP contribution in [0.15, 0.2) is 61.2 Å². The Hall–Kier alpha value is -2.92. The van der Waals surface area contributed by atoms with Crippen molar-refractivity contribution in [2.75, 3.05) is 6.54 Å². The summed E-state index contributed by atoms with van der Waals surface area (Å²) in [6.07, 6.45) is 5.33. The van der Waals surface area contributed by atoms with Crippen LogP contribution in [0.3, 0.4) is 0 Å². The van der Waals surface area contributed by atoms with E-state index in [1.54, 1.807) is 0 Å². The summed E-state index contributed by atoms with van der Waals surface area (Å²) < 4.78 is 0. The second-order valence-electron chi connectivity index (χ2n) is 6.90. The maximum Gasteiger partial charge on any atom is 0.121 e. The summed E-state index contributed by atoms with van der Waals surface area (Å²) in [6, 6.07) is 16.3. The van der Waals surface area contributed by atoms with Crippen molar-refractivity contribution in [3.05, 3.63) is 72.8 Å². The highest BCUT2D eigenvalue weighted by Gasteiger charge is 2.12. The first kappa shape index (κ1) is 17.5. The van der Waals surface area contributed by atoms with Crippen molar-refractivity contribution in [2.45, 2.75) is 32.4 Å². The quantitative estimate of drug-likeness (QED) is 0.333. The molecule has 0 aliphatic carbocycles. The van der Waals surface area contributed by atoms with Crippen molar-refractivity contribution in [1.29, 1.82) is 0 Å². The Morgan fingerprint density at radius 2 is 1.37 bits per heavy atom. The Bertz CT molecular complexity index is 887. The first-order chi connectivity index (χ1) is 13.3. The Kier molecular flexibility index (Phi) is 5.30. The highest BCUT2D eigenvalue weighted by atomic mass is 15.2. The average Bonchev–Trinajstić information content (AvgIpc) is 3.27. The number of benzene rings is 2. The van der Waals surface area contributed by atoms with Crippen LogP contribution in [0.2, 0.25) is 0 Å². The monoisotopic (exact) mass is 359 g/mol. The number of aromatic amines is 2. The highest BCUT2D eigenvalue weighted by Crippen LogP contribution is 2.16. The number of imidazole rings is 2. The molecular formula is C22H25N5. The number of para-hydroxylation sites is 4. The lowest BCUT2D eigenvalue weighted by Crippen LogP contribution is -2.25. The van der Waals surface area contributed by atoms with Crippen LogP contribution in [-0.4, -0.2) is 31.4 Å². The molecule has 4 rings (SSSR count). The number of aromatic nitrogens is 4. The summed E-state index contributed by atoms with van der Waals surface area (Å²) in [7, 11) is 0. The lowest BCUT2D eigenvalue weighted by molar-refractivity contribution is 0.241. The number of hydrogen-bond acceptors (Lipinski definition) is 3. The molecule has 0 amide bonds. The van der Waals surface area contributed by atoms with Crippen LogP contribution in [-0.2, 0) is 13.1 Å². The van der Waals surface area contributed by atoms with Gasteiger partial charge in [-0.15, -0.1) is 6.58 Å². The molecule has 2 aromatic heterocycles. The van der Waals surface area contributed by atoms with Crippen LogP contribution < -0.4 is 0 Å². The molecular weight excluding hydrogens is 334 g/mol. The topological polar surface area (TPSA) is 60.6 Å². The molecule has 0 atom stereocenters. The molecule has 0 fully saturated rings. The zero-order chi connectivity index (χ0) is 18.5. The van der Waals surface area contributed by atoms with Gasteiger partial charge >= 0.3 is 0 Å². The third-order valence-corrected chi connectivity index (χ3v) is 4.76. The summed E-state index contributed by atoms with van der Waals surface area (Å²) >= 11 is 0. The molecule has 27 heavy (non-hydrogen) atoms. The van der Waals surface area contributed by atoms with E-state index >= 15 is 0 Å². The van der Waals surface area contributed by atoms with Gasteiger partial charge < -0.3 is 9.97 Å². The van der Waals surface area contributed by atoms with E-state index in [4.69, 9.17) is 9.97 Å². The van der Waals surface area contributed by atoms with Crippen molar-refractivity contribution < 1.29 is 0 Å². The van der Waals surface area contributed by atoms with Crippen molar-refractivity contribution in [3.8, 4) is 0 Å². The Morgan fingerprint density at radius 3 is 1.89 bits per heavy atom. The molecule has 0 aliphatic rings. The Balaban J connectivity index is 1.50. The van der Waals surface area contributed by atoms with Crippen LogP contribution in [0.1, 0.15) is 30.9 Å². The predicted molar refractivity (Wildman–Crippen MR) is 110 cm³/mol. The molecule has 5 heteroatoms. The number of nitrogens with zero attached hydrogens (tertiary/aromatic N) is 3. The van der Waals surface area contributed by atoms with Gasteiger partial charge in [0.15, 0.2) is 0 Å². The minimum atomic E-state index is 0.778. The Labute approximate surface area is 159 Å². The third kappa shape index (κ3) is 4.26. The Morgan fingerprint density at radius 1 is 0.815 bits per heavy atom. The van der Waals surface area contributed by atoms with E-state index in [1.807, 2.05) is 42.5 Å². The van der Waals surface area contributed by atoms with Crippen LogP contribution >= 0.6 is 0 Å². The van der Waals surface area contributed by atoms with Gasteiger partial charge in [0.25, 0.3) is 0 Å². The zero-order valence-electron chi connectivity index (χ0n) is 15.5. The molecule has 138 valence electrons. The molecule has 5 nitrogen and oxygen atoms in total. The van der Waals surface area contributed by atoms with Crippen molar-refractivity contribution >= 4 is 22.1 Å². The van der Waals surface area contributed by atoms with Gasteiger partial charge in [0.1, 0.15) is 11.6 Å². The zero-order valence-corrected chi connectivity index (χ0v) is 15.5. The van der Waals surface area contributed by atoms with E-state index in [-0.39, 0.29) is 0 Å². The van der Waals surface area contributed by atoms with E-state index in [0.717, 1.165) is 72.6 Å². The summed E-state index contributed by atoms with van der Waals surface area (Å²) in [5.41, 5.74) is 4.20. The summed E-state index contributed by atoms with van der Waals surface area (Å²) in [5, 5.41) is 0. The first-order valence-corrected chi connectivity index (χ1v) is 9.52. The van der Waals surface area contributed by atoms with Crippen LogP contribution in [0.5, 0.6) is 0 Å². The fourth-order valence-corrected chi connectivity index (χ4v) is 3.42. The van der Waals surface area contributed by atoms with Gasteiger partial charge in [-0.3, -0.25) is 4.90 Å². The predicted octanol–water partition coefficient (Wildman–Crippen LogP) is 4.80. The fraction of sp³-hybridized carbons (Fsp3) is 0.273.